The third-order valence-corrected chi connectivity index (χ3v) is 5.97. The second-order valence-corrected chi connectivity index (χ2v) is 8.32. The number of benzene rings is 2. The second-order valence-electron chi connectivity index (χ2n) is 8.32. The number of hydrogen-bond donors (Lipinski definition) is 1. The molecule has 0 amide bonds. The fourth-order valence-corrected chi connectivity index (χ4v) is 4.31. The molecule has 35 heavy (non-hydrogen) atoms. The molecule has 2 aromatic rings. The number of carboxylic acid groups (broad SMARTS) is 1. The minimum atomic E-state index is -5.26. The first-order valence-electron chi connectivity index (χ1n) is 10.4. The predicted octanol–water partition coefficient (Wildman–Crippen LogP) is 7.62. The minimum absolute atomic E-state index is 0.0266. The number of carbonyl (C=O) groups is 1. The van der Waals surface area contributed by atoms with Crippen LogP contribution in [0.25, 0.3) is 11.1 Å². The summed E-state index contributed by atoms with van der Waals surface area (Å²) in [4.78, 5) is 12.2. The second kappa shape index (κ2) is 9.27. The zero-order valence-corrected chi connectivity index (χ0v) is 17.9. The highest BCUT2D eigenvalue weighted by Crippen LogP contribution is 2.49. The molecule has 0 saturated heterocycles. The van der Waals surface area contributed by atoms with Gasteiger partial charge in [-0.1, -0.05) is 31.4 Å². The van der Waals surface area contributed by atoms with Crippen LogP contribution in [0.2, 0.25) is 0 Å². The predicted molar refractivity (Wildman–Crippen MR) is 106 cm³/mol. The van der Waals surface area contributed by atoms with Gasteiger partial charge in [-0.3, -0.25) is 4.79 Å². The highest BCUT2D eigenvalue weighted by Gasteiger charge is 2.45. The smallest absolute Gasteiger partial charge is 0.422 e. The van der Waals surface area contributed by atoms with Crippen LogP contribution in [0.5, 0.6) is 5.75 Å². The Labute approximate surface area is 193 Å². The van der Waals surface area contributed by atoms with E-state index in [-0.39, 0.29) is 24.0 Å². The van der Waals surface area contributed by atoms with Gasteiger partial charge in [-0.15, -0.1) is 0 Å². The largest absolute Gasteiger partial charge is 0.483 e. The van der Waals surface area contributed by atoms with Crippen LogP contribution < -0.4 is 4.74 Å². The van der Waals surface area contributed by atoms with Crippen molar-refractivity contribution in [1.29, 1.82) is 0 Å². The molecular formula is C23H19F9O3. The third-order valence-electron chi connectivity index (χ3n) is 5.97. The zero-order valence-electron chi connectivity index (χ0n) is 17.9. The van der Waals surface area contributed by atoms with Gasteiger partial charge in [0.2, 0.25) is 0 Å². The van der Waals surface area contributed by atoms with Gasteiger partial charge in [0.25, 0.3) is 0 Å². The number of rotatable bonds is 5. The molecule has 0 spiro atoms. The molecule has 3 rings (SSSR count). The van der Waals surface area contributed by atoms with E-state index < -0.39 is 59.0 Å². The molecular weight excluding hydrogens is 495 g/mol. The molecule has 1 aliphatic carbocycles. The number of halogens is 9. The molecule has 12 heteroatoms. The summed E-state index contributed by atoms with van der Waals surface area (Å²) >= 11 is 0. The molecule has 0 aromatic heterocycles. The quantitative estimate of drug-likeness (QED) is 0.418. The number of hydrogen-bond acceptors (Lipinski definition) is 2. The van der Waals surface area contributed by atoms with Crippen LogP contribution in [0.4, 0.5) is 39.5 Å². The van der Waals surface area contributed by atoms with Crippen molar-refractivity contribution >= 4 is 5.97 Å². The standard InChI is InChI=1S/C23H19F9O3/c24-21(25,26)12-35-17-11-15(20(19(33)34)8-2-1-3-9-20)10-16(18(17)23(30,31)32)13-4-6-14(7-5-13)22(27,28)29/h4-7,10-11H,1-3,8-9,12H2,(H,33,34). The van der Waals surface area contributed by atoms with Gasteiger partial charge < -0.3 is 9.84 Å². The van der Waals surface area contributed by atoms with Crippen LogP contribution in [0.1, 0.15) is 48.8 Å². The monoisotopic (exact) mass is 514 g/mol. The molecule has 1 fully saturated rings. The van der Waals surface area contributed by atoms with Crippen molar-refractivity contribution in [3.8, 4) is 16.9 Å². The lowest BCUT2D eigenvalue weighted by atomic mass is 9.68. The SMILES string of the molecule is O=C(O)C1(c2cc(OCC(F)(F)F)c(C(F)(F)F)c(-c3ccc(C(F)(F)F)cc3)c2)CCCCC1. The lowest BCUT2D eigenvalue weighted by Gasteiger charge is -2.35. The summed E-state index contributed by atoms with van der Waals surface area (Å²) in [6.45, 7) is -2.08. The summed E-state index contributed by atoms with van der Waals surface area (Å²) in [5.74, 6) is -2.61. The molecule has 0 radical (unpaired) electrons. The van der Waals surface area contributed by atoms with Gasteiger partial charge in [0.15, 0.2) is 6.61 Å². The molecule has 1 saturated carbocycles. The van der Waals surface area contributed by atoms with E-state index in [0.29, 0.717) is 37.5 Å². The number of carboxylic acids is 1. The summed E-state index contributed by atoms with van der Waals surface area (Å²) in [6.07, 6.45) is -13.5. The van der Waals surface area contributed by atoms with E-state index in [0.717, 1.165) is 18.2 Å². The van der Waals surface area contributed by atoms with Gasteiger partial charge in [-0.05, 0) is 53.8 Å². The Bertz CT molecular complexity index is 1060. The molecule has 2 aromatic carbocycles. The lowest BCUT2D eigenvalue weighted by molar-refractivity contribution is -0.158. The van der Waals surface area contributed by atoms with E-state index in [1.54, 1.807) is 0 Å². The van der Waals surface area contributed by atoms with Gasteiger partial charge in [0.05, 0.1) is 11.0 Å². The van der Waals surface area contributed by atoms with Crippen molar-refractivity contribution in [3.63, 3.8) is 0 Å². The van der Waals surface area contributed by atoms with Crippen molar-refractivity contribution < 1.29 is 54.2 Å². The summed E-state index contributed by atoms with van der Waals surface area (Å²) in [6, 6.07) is 4.10. The number of ether oxygens (including phenoxy) is 1. The van der Waals surface area contributed by atoms with Crippen LogP contribution in [0.15, 0.2) is 36.4 Å². The van der Waals surface area contributed by atoms with E-state index in [1.165, 1.54) is 0 Å². The van der Waals surface area contributed by atoms with Gasteiger partial charge in [0, 0.05) is 0 Å². The zero-order chi connectivity index (χ0) is 26.2. The highest BCUT2D eigenvalue weighted by molar-refractivity contribution is 5.84. The molecule has 0 unspecified atom stereocenters. The first-order valence-corrected chi connectivity index (χ1v) is 10.4. The van der Waals surface area contributed by atoms with Crippen molar-refractivity contribution in [2.24, 2.45) is 0 Å². The maximum Gasteiger partial charge on any atom is 0.422 e. The first kappa shape index (κ1) is 26.7. The normalized spacial score (nSPS) is 16.7. The average molecular weight is 514 g/mol. The van der Waals surface area contributed by atoms with Crippen LogP contribution >= 0.6 is 0 Å². The van der Waals surface area contributed by atoms with Crippen LogP contribution in [-0.2, 0) is 22.6 Å². The molecule has 1 aliphatic rings. The lowest BCUT2D eigenvalue weighted by Crippen LogP contribution is -2.38. The summed E-state index contributed by atoms with van der Waals surface area (Å²) in [5.41, 5.74) is -5.83. The Hall–Kier alpha value is -2.92. The maximum absolute atomic E-state index is 14.1. The first-order chi connectivity index (χ1) is 16.0. The molecule has 192 valence electrons. The molecule has 1 N–H and O–H groups in total. The molecule has 0 bridgehead atoms. The number of aliphatic carboxylic acids is 1. The molecule has 0 atom stereocenters. The maximum atomic E-state index is 14.1. The highest BCUT2D eigenvalue weighted by atomic mass is 19.4. The Balaban J connectivity index is 2.30. The van der Waals surface area contributed by atoms with E-state index in [2.05, 4.69) is 4.74 Å². The Kier molecular flexibility index (Phi) is 7.07. The van der Waals surface area contributed by atoms with Gasteiger partial charge in [-0.2, -0.15) is 39.5 Å². The Morgan fingerprint density at radius 1 is 0.857 bits per heavy atom. The molecule has 0 heterocycles. The van der Waals surface area contributed by atoms with Crippen molar-refractivity contribution in [3.05, 3.63) is 53.1 Å². The summed E-state index contributed by atoms with van der Waals surface area (Å²) in [5, 5.41) is 9.94. The van der Waals surface area contributed by atoms with Crippen molar-refractivity contribution in [1.82, 2.24) is 0 Å². The average Bonchev–Trinajstić information content (AvgIpc) is 2.75. The Morgan fingerprint density at radius 2 is 1.43 bits per heavy atom. The van der Waals surface area contributed by atoms with Crippen LogP contribution in [0.3, 0.4) is 0 Å². The van der Waals surface area contributed by atoms with E-state index >= 15 is 0 Å². The van der Waals surface area contributed by atoms with Crippen LogP contribution in [0, 0.1) is 0 Å². The summed E-state index contributed by atoms with van der Waals surface area (Å²) in [7, 11) is 0. The molecule has 3 nitrogen and oxygen atoms in total. The van der Waals surface area contributed by atoms with E-state index in [1.807, 2.05) is 0 Å². The van der Waals surface area contributed by atoms with Gasteiger partial charge in [-0.25, -0.2) is 0 Å². The summed E-state index contributed by atoms with van der Waals surface area (Å²) < 4.78 is 124. The van der Waals surface area contributed by atoms with E-state index in [4.69, 9.17) is 0 Å². The van der Waals surface area contributed by atoms with E-state index in [9.17, 15) is 49.4 Å². The topological polar surface area (TPSA) is 46.5 Å². The van der Waals surface area contributed by atoms with Crippen molar-refractivity contribution in [2.75, 3.05) is 6.61 Å². The Morgan fingerprint density at radius 3 is 1.89 bits per heavy atom. The van der Waals surface area contributed by atoms with Crippen LogP contribution in [-0.4, -0.2) is 23.9 Å². The third kappa shape index (κ3) is 5.84. The van der Waals surface area contributed by atoms with Crippen molar-refractivity contribution in [2.45, 2.75) is 56.0 Å². The van der Waals surface area contributed by atoms with Gasteiger partial charge in [0.1, 0.15) is 11.3 Å². The molecule has 0 aliphatic heterocycles. The fourth-order valence-electron chi connectivity index (χ4n) is 4.31. The number of alkyl halides is 9. The fraction of sp³-hybridized carbons (Fsp3) is 0.435. The minimum Gasteiger partial charge on any atom is -0.483 e. The van der Waals surface area contributed by atoms with Gasteiger partial charge >= 0.3 is 24.5 Å².